The highest BCUT2D eigenvalue weighted by atomic mass is 16.5. The van der Waals surface area contributed by atoms with Gasteiger partial charge in [-0.05, 0) is 49.2 Å². The van der Waals surface area contributed by atoms with Crippen molar-refractivity contribution in [1.29, 1.82) is 0 Å². The smallest absolute Gasteiger partial charge is 0.282 e. The van der Waals surface area contributed by atoms with E-state index in [4.69, 9.17) is 9.47 Å². The zero-order valence-corrected chi connectivity index (χ0v) is 20.0. The topological polar surface area (TPSA) is 62.3 Å². The maximum Gasteiger partial charge on any atom is 0.282 e. The van der Waals surface area contributed by atoms with Crippen LogP contribution in [-0.4, -0.2) is 68.6 Å². The minimum Gasteiger partial charge on any atom is -0.497 e. The molecule has 0 aromatic heterocycles. The van der Waals surface area contributed by atoms with Crippen molar-refractivity contribution < 1.29 is 19.1 Å². The standard InChI is InChI=1S/C26H31N3O4/c1-6-27-11-13-28(14-12-27)24-23(19-8-7-17(2)18(3)15-19)25(30)29(26(24)31)21-16-20(32-4)9-10-22(21)33-5/h7-10,15-16H,6,11-14H2,1-5H3. The van der Waals surface area contributed by atoms with E-state index < -0.39 is 0 Å². The molecule has 0 aliphatic carbocycles. The minimum atomic E-state index is -0.345. The van der Waals surface area contributed by atoms with Crippen molar-refractivity contribution in [2.24, 2.45) is 0 Å². The molecule has 0 N–H and O–H groups in total. The number of amides is 2. The van der Waals surface area contributed by atoms with E-state index >= 15 is 0 Å². The van der Waals surface area contributed by atoms with Gasteiger partial charge in [-0.15, -0.1) is 0 Å². The fourth-order valence-corrected chi connectivity index (χ4v) is 4.45. The Bertz CT molecular complexity index is 1120. The Morgan fingerprint density at radius 3 is 2.18 bits per heavy atom. The van der Waals surface area contributed by atoms with Crippen LogP contribution >= 0.6 is 0 Å². The highest BCUT2D eigenvalue weighted by molar-refractivity contribution is 6.45. The Balaban J connectivity index is 1.84. The van der Waals surface area contributed by atoms with Crippen LogP contribution in [-0.2, 0) is 9.59 Å². The number of anilines is 1. The second-order valence-electron chi connectivity index (χ2n) is 8.43. The molecule has 2 aromatic carbocycles. The molecule has 174 valence electrons. The molecule has 0 spiro atoms. The van der Waals surface area contributed by atoms with Gasteiger partial charge in [-0.1, -0.05) is 25.1 Å². The molecule has 0 bridgehead atoms. The molecule has 1 fully saturated rings. The molecule has 0 saturated carbocycles. The van der Waals surface area contributed by atoms with Gasteiger partial charge in [0.2, 0.25) is 0 Å². The largest absolute Gasteiger partial charge is 0.497 e. The molecular formula is C26H31N3O4. The number of hydrogen-bond acceptors (Lipinski definition) is 6. The van der Waals surface area contributed by atoms with Crippen LogP contribution in [0.5, 0.6) is 11.5 Å². The van der Waals surface area contributed by atoms with Crippen molar-refractivity contribution in [2.45, 2.75) is 20.8 Å². The summed E-state index contributed by atoms with van der Waals surface area (Å²) in [6.07, 6.45) is 0. The van der Waals surface area contributed by atoms with Crippen LogP contribution in [0.1, 0.15) is 23.6 Å². The number of benzene rings is 2. The third-order valence-electron chi connectivity index (χ3n) is 6.62. The van der Waals surface area contributed by atoms with Crippen molar-refractivity contribution in [3.05, 3.63) is 58.8 Å². The summed E-state index contributed by atoms with van der Waals surface area (Å²) < 4.78 is 10.9. The summed E-state index contributed by atoms with van der Waals surface area (Å²) in [6, 6.07) is 11.0. The number of imide groups is 1. The van der Waals surface area contributed by atoms with Gasteiger partial charge in [0.25, 0.3) is 11.8 Å². The van der Waals surface area contributed by atoms with E-state index in [9.17, 15) is 9.59 Å². The second-order valence-corrected chi connectivity index (χ2v) is 8.43. The first-order valence-electron chi connectivity index (χ1n) is 11.3. The minimum absolute atomic E-state index is 0.329. The van der Waals surface area contributed by atoms with Crippen molar-refractivity contribution in [2.75, 3.05) is 51.8 Å². The summed E-state index contributed by atoms with van der Waals surface area (Å²) in [5.74, 6) is 0.311. The van der Waals surface area contributed by atoms with Gasteiger partial charge in [0.1, 0.15) is 17.2 Å². The summed E-state index contributed by atoms with van der Waals surface area (Å²) in [6.45, 7) is 10.2. The maximum absolute atomic E-state index is 13.9. The lowest BCUT2D eigenvalue weighted by Crippen LogP contribution is -2.47. The van der Waals surface area contributed by atoms with Gasteiger partial charge in [0.05, 0.1) is 25.5 Å². The first kappa shape index (κ1) is 22.9. The lowest BCUT2D eigenvalue weighted by atomic mass is 9.99. The average Bonchev–Trinajstić information content (AvgIpc) is 3.10. The molecule has 2 aromatic rings. The van der Waals surface area contributed by atoms with E-state index in [0.717, 1.165) is 36.3 Å². The van der Waals surface area contributed by atoms with Crippen LogP contribution in [0, 0.1) is 13.8 Å². The number of aryl methyl sites for hydroxylation is 2. The molecule has 2 heterocycles. The lowest BCUT2D eigenvalue weighted by molar-refractivity contribution is -0.120. The first-order chi connectivity index (χ1) is 15.9. The van der Waals surface area contributed by atoms with Gasteiger partial charge < -0.3 is 19.3 Å². The van der Waals surface area contributed by atoms with Gasteiger partial charge in [0.15, 0.2) is 0 Å². The number of hydrogen-bond donors (Lipinski definition) is 0. The van der Waals surface area contributed by atoms with Crippen LogP contribution in [0.25, 0.3) is 5.57 Å². The van der Waals surface area contributed by atoms with E-state index in [1.165, 1.54) is 12.0 Å². The van der Waals surface area contributed by atoms with Crippen LogP contribution in [0.4, 0.5) is 5.69 Å². The van der Waals surface area contributed by atoms with Crippen molar-refractivity contribution in [3.8, 4) is 11.5 Å². The normalized spacial score (nSPS) is 17.2. The number of nitrogens with zero attached hydrogens (tertiary/aromatic N) is 3. The highest BCUT2D eigenvalue weighted by Gasteiger charge is 2.44. The van der Waals surface area contributed by atoms with Crippen molar-refractivity contribution >= 4 is 23.1 Å². The van der Waals surface area contributed by atoms with E-state index in [-0.39, 0.29) is 11.8 Å². The van der Waals surface area contributed by atoms with Gasteiger partial charge in [-0.2, -0.15) is 0 Å². The average molecular weight is 450 g/mol. The Hall–Kier alpha value is -3.32. The molecule has 2 aliphatic rings. The van der Waals surface area contributed by atoms with E-state index in [1.54, 1.807) is 25.3 Å². The molecule has 2 amide bonds. The zero-order chi connectivity index (χ0) is 23.7. The first-order valence-corrected chi connectivity index (χ1v) is 11.3. The number of carbonyl (C=O) groups excluding carboxylic acids is 2. The Labute approximate surface area is 195 Å². The molecular weight excluding hydrogens is 418 g/mol. The fraction of sp³-hybridized carbons (Fsp3) is 0.385. The van der Waals surface area contributed by atoms with Crippen molar-refractivity contribution in [1.82, 2.24) is 9.80 Å². The Kier molecular flexibility index (Phi) is 6.42. The molecule has 7 nitrogen and oxygen atoms in total. The number of carbonyl (C=O) groups is 2. The summed E-state index contributed by atoms with van der Waals surface area (Å²) in [5.41, 5.74) is 4.26. The summed E-state index contributed by atoms with van der Waals surface area (Å²) >= 11 is 0. The molecule has 0 atom stereocenters. The van der Waals surface area contributed by atoms with Gasteiger partial charge in [-0.3, -0.25) is 9.59 Å². The molecule has 1 saturated heterocycles. The number of rotatable bonds is 6. The van der Waals surface area contributed by atoms with E-state index in [1.807, 2.05) is 32.0 Å². The SMILES string of the molecule is CCN1CCN(C2=C(c3ccc(C)c(C)c3)C(=O)N(c3cc(OC)ccc3OC)C2=O)CC1. The maximum atomic E-state index is 13.9. The highest BCUT2D eigenvalue weighted by Crippen LogP contribution is 2.40. The van der Waals surface area contributed by atoms with Crippen molar-refractivity contribution in [3.63, 3.8) is 0 Å². The number of methoxy groups -OCH3 is 2. The third-order valence-corrected chi connectivity index (χ3v) is 6.62. The predicted octanol–water partition coefficient (Wildman–Crippen LogP) is 3.24. The lowest BCUT2D eigenvalue weighted by Gasteiger charge is -2.36. The Morgan fingerprint density at radius 1 is 0.848 bits per heavy atom. The molecule has 0 radical (unpaired) electrons. The number of likely N-dealkylation sites (N-methyl/N-ethyl adjacent to an activating group) is 1. The van der Waals surface area contributed by atoms with Crippen LogP contribution in [0.2, 0.25) is 0 Å². The summed E-state index contributed by atoms with van der Waals surface area (Å²) in [7, 11) is 3.08. The molecule has 2 aliphatic heterocycles. The van der Waals surface area contributed by atoms with E-state index in [2.05, 4.69) is 16.7 Å². The third kappa shape index (κ3) is 4.09. The zero-order valence-electron chi connectivity index (χ0n) is 20.0. The van der Waals surface area contributed by atoms with Gasteiger partial charge in [-0.25, -0.2) is 4.90 Å². The molecule has 0 unspecified atom stereocenters. The van der Waals surface area contributed by atoms with Gasteiger partial charge >= 0.3 is 0 Å². The quantitative estimate of drug-likeness (QED) is 0.631. The number of ether oxygens (including phenoxy) is 2. The molecule has 7 heteroatoms. The molecule has 4 rings (SSSR count). The van der Waals surface area contributed by atoms with Crippen LogP contribution in [0.3, 0.4) is 0 Å². The van der Waals surface area contributed by atoms with Crippen LogP contribution < -0.4 is 14.4 Å². The Morgan fingerprint density at radius 2 is 1.58 bits per heavy atom. The second kappa shape index (κ2) is 9.27. The monoisotopic (exact) mass is 449 g/mol. The summed E-state index contributed by atoms with van der Waals surface area (Å²) in [5, 5.41) is 0. The number of piperazine rings is 1. The van der Waals surface area contributed by atoms with E-state index in [0.29, 0.717) is 41.5 Å². The predicted molar refractivity (Wildman–Crippen MR) is 129 cm³/mol. The molecule has 33 heavy (non-hydrogen) atoms. The van der Waals surface area contributed by atoms with Gasteiger partial charge in [0, 0.05) is 32.2 Å². The summed E-state index contributed by atoms with van der Waals surface area (Å²) in [4.78, 5) is 33.4. The van der Waals surface area contributed by atoms with Crippen LogP contribution in [0.15, 0.2) is 42.1 Å². The fourth-order valence-electron chi connectivity index (χ4n) is 4.45.